The molecule has 1 aliphatic rings. The summed E-state index contributed by atoms with van der Waals surface area (Å²) in [6, 6.07) is 5.67. The molecule has 0 bridgehead atoms. The zero-order valence-electron chi connectivity index (χ0n) is 13.4. The van der Waals surface area contributed by atoms with Crippen LogP contribution < -0.4 is 0 Å². The Morgan fingerprint density at radius 3 is 2.48 bits per heavy atom. The summed E-state index contributed by atoms with van der Waals surface area (Å²) in [6.45, 7) is 5.96. The van der Waals surface area contributed by atoms with E-state index in [4.69, 9.17) is 11.6 Å². The maximum Gasteiger partial charge on any atom is 0.227 e. The number of amides is 2. The van der Waals surface area contributed by atoms with Gasteiger partial charge >= 0.3 is 0 Å². The molecule has 1 N–H and O–H groups in total. The molecule has 2 amide bonds. The van der Waals surface area contributed by atoms with E-state index < -0.39 is 0 Å². The minimum atomic E-state index is 0.0687. The van der Waals surface area contributed by atoms with Gasteiger partial charge in [-0.1, -0.05) is 11.6 Å². The van der Waals surface area contributed by atoms with Crippen LogP contribution >= 0.6 is 11.6 Å². The van der Waals surface area contributed by atoms with E-state index in [2.05, 4.69) is 4.98 Å². The number of nitrogens with one attached hydrogen (secondary N) is 1. The molecule has 1 aromatic carbocycles. The Kier molecular flexibility index (Phi) is 4.31. The van der Waals surface area contributed by atoms with E-state index in [0.717, 1.165) is 22.2 Å². The molecule has 1 aromatic heterocycles. The lowest BCUT2D eigenvalue weighted by molar-refractivity contribution is -0.138. The Hall–Kier alpha value is -2.01. The second kappa shape index (κ2) is 6.24. The van der Waals surface area contributed by atoms with Crippen molar-refractivity contribution in [1.82, 2.24) is 14.8 Å². The number of aromatic amines is 1. The molecule has 1 aliphatic heterocycles. The molecule has 6 heteroatoms. The third-order valence-electron chi connectivity index (χ3n) is 4.49. The van der Waals surface area contributed by atoms with E-state index in [9.17, 15) is 9.59 Å². The molecule has 0 unspecified atom stereocenters. The molecule has 2 heterocycles. The molecule has 0 radical (unpaired) electrons. The molecular formula is C17H20ClN3O2. The number of piperazine rings is 1. The largest absolute Gasteiger partial charge is 0.358 e. The average molecular weight is 334 g/mol. The van der Waals surface area contributed by atoms with Gasteiger partial charge in [-0.05, 0) is 30.7 Å². The topological polar surface area (TPSA) is 56.4 Å². The number of benzene rings is 1. The SMILES string of the molecule is CC(=O)N1CCN(C(=O)Cc2c(C)[nH]c3ccc(Cl)cc23)CC1. The Balaban J connectivity index is 1.75. The lowest BCUT2D eigenvalue weighted by Gasteiger charge is -2.34. The fourth-order valence-electron chi connectivity index (χ4n) is 3.12. The first-order chi connectivity index (χ1) is 11.0. The molecule has 2 aromatic rings. The van der Waals surface area contributed by atoms with Crippen molar-refractivity contribution in [2.45, 2.75) is 20.3 Å². The minimum Gasteiger partial charge on any atom is -0.358 e. The van der Waals surface area contributed by atoms with E-state index in [1.807, 2.05) is 30.0 Å². The van der Waals surface area contributed by atoms with Crippen LogP contribution in [-0.4, -0.2) is 52.8 Å². The van der Waals surface area contributed by atoms with Gasteiger partial charge in [0, 0.05) is 54.7 Å². The smallest absolute Gasteiger partial charge is 0.227 e. The zero-order valence-corrected chi connectivity index (χ0v) is 14.1. The van der Waals surface area contributed by atoms with Crippen LogP contribution in [0.15, 0.2) is 18.2 Å². The lowest BCUT2D eigenvalue weighted by Crippen LogP contribution is -2.50. The van der Waals surface area contributed by atoms with Crippen molar-refractivity contribution in [2.75, 3.05) is 26.2 Å². The van der Waals surface area contributed by atoms with E-state index >= 15 is 0 Å². The van der Waals surface area contributed by atoms with Gasteiger partial charge in [0.1, 0.15) is 0 Å². The summed E-state index contributed by atoms with van der Waals surface area (Å²) < 4.78 is 0. The van der Waals surface area contributed by atoms with Crippen LogP contribution in [0, 0.1) is 6.92 Å². The fraction of sp³-hybridized carbons (Fsp3) is 0.412. The van der Waals surface area contributed by atoms with Crippen molar-refractivity contribution in [3.63, 3.8) is 0 Å². The molecule has 1 fully saturated rings. The molecule has 1 saturated heterocycles. The first-order valence-corrected chi connectivity index (χ1v) is 8.13. The van der Waals surface area contributed by atoms with Gasteiger partial charge < -0.3 is 14.8 Å². The molecule has 0 saturated carbocycles. The molecule has 5 nitrogen and oxygen atoms in total. The molecule has 0 aliphatic carbocycles. The number of carbonyl (C=O) groups excluding carboxylic acids is 2. The van der Waals surface area contributed by atoms with Gasteiger partial charge in [-0.25, -0.2) is 0 Å². The van der Waals surface area contributed by atoms with E-state index in [0.29, 0.717) is 37.6 Å². The van der Waals surface area contributed by atoms with Gasteiger partial charge in [-0.15, -0.1) is 0 Å². The lowest BCUT2D eigenvalue weighted by atomic mass is 10.1. The van der Waals surface area contributed by atoms with Gasteiger partial charge in [0.05, 0.1) is 6.42 Å². The third kappa shape index (κ3) is 3.20. The molecular weight excluding hydrogens is 314 g/mol. The summed E-state index contributed by atoms with van der Waals surface area (Å²) in [5, 5.41) is 1.67. The van der Waals surface area contributed by atoms with Gasteiger partial charge in [-0.2, -0.15) is 0 Å². The van der Waals surface area contributed by atoms with Gasteiger partial charge in [-0.3, -0.25) is 9.59 Å². The average Bonchev–Trinajstić information content (AvgIpc) is 2.83. The van der Waals surface area contributed by atoms with E-state index in [1.165, 1.54) is 0 Å². The van der Waals surface area contributed by atoms with E-state index in [-0.39, 0.29) is 11.8 Å². The van der Waals surface area contributed by atoms with Gasteiger partial charge in [0.15, 0.2) is 0 Å². The number of aryl methyl sites for hydroxylation is 1. The first-order valence-electron chi connectivity index (χ1n) is 7.75. The Bertz CT molecular complexity index is 761. The standard InChI is InChI=1S/C17H20ClN3O2/c1-11-14(15-9-13(18)3-4-16(15)19-11)10-17(23)21-7-5-20(6-8-21)12(2)22/h3-4,9,19H,5-8,10H2,1-2H3. The maximum atomic E-state index is 12.6. The van der Waals surface area contributed by atoms with Gasteiger partial charge in [0.25, 0.3) is 0 Å². The minimum absolute atomic E-state index is 0.0687. The van der Waals surface area contributed by atoms with Crippen molar-refractivity contribution in [1.29, 1.82) is 0 Å². The van der Waals surface area contributed by atoms with E-state index in [1.54, 1.807) is 11.8 Å². The van der Waals surface area contributed by atoms with Crippen molar-refractivity contribution in [3.8, 4) is 0 Å². The number of hydrogen-bond acceptors (Lipinski definition) is 2. The van der Waals surface area contributed by atoms with Crippen molar-refractivity contribution >= 4 is 34.3 Å². The predicted octanol–water partition coefficient (Wildman–Crippen LogP) is 2.36. The summed E-state index contributed by atoms with van der Waals surface area (Å²) >= 11 is 6.08. The highest BCUT2D eigenvalue weighted by Gasteiger charge is 2.23. The normalized spacial score (nSPS) is 15.3. The predicted molar refractivity (Wildman–Crippen MR) is 90.6 cm³/mol. The number of H-pyrrole nitrogens is 1. The van der Waals surface area contributed by atoms with Crippen molar-refractivity contribution in [2.24, 2.45) is 0 Å². The highest BCUT2D eigenvalue weighted by molar-refractivity contribution is 6.31. The molecule has 122 valence electrons. The Morgan fingerprint density at radius 2 is 1.83 bits per heavy atom. The van der Waals surface area contributed by atoms with Crippen LogP contribution in [0.5, 0.6) is 0 Å². The maximum absolute atomic E-state index is 12.6. The number of fused-ring (bicyclic) bond motifs is 1. The summed E-state index contributed by atoms with van der Waals surface area (Å²) in [7, 11) is 0. The van der Waals surface area contributed by atoms with Gasteiger partial charge in [0.2, 0.25) is 11.8 Å². The number of nitrogens with zero attached hydrogens (tertiary/aromatic N) is 2. The highest BCUT2D eigenvalue weighted by atomic mass is 35.5. The number of rotatable bonds is 2. The summed E-state index contributed by atoms with van der Waals surface area (Å²) in [5.74, 6) is 0.163. The van der Waals surface area contributed by atoms with Crippen LogP contribution in [0.4, 0.5) is 0 Å². The summed E-state index contributed by atoms with van der Waals surface area (Å²) in [5.41, 5.74) is 3.00. The van der Waals surface area contributed by atoms with Crippen molar-refractivity contribution < 1.29 is 9.59 Å². The highest BCUT2D eigenvalue weighted by Crippen LogP contribution is 2.26. The van der Waals surface area contributed by atoms with Crippen LogP contribution in [0.1, 0.15) is 18.2 Å². The van der Waals surface area contributed by atoms with Crippen LogP contribution in [0.2, 0.25) is 5.02 Å². The van der Waals surface area contributed by atoms with Crippen LogP contribution in [0.25, 0.3) is 10.9 Å². The van der Waals surface area contributed by atoms with Crippen LogP contribution in [0.3, 0.4) is 0 Å². The molecule has 0 spiro atoms. The number of halogens is 1. The number of carbonyl (C=O) groups is 2. The molecule has 0 atom stereocenters. The quantitative estimate of drug-likeness (QED) is 0.917. The zero-order chi connectivity index (χ0) is 16.6. The third-order valence-corrected chi connectivity index (χ3v) is 4.72. The van der Waals surface area contributed by atoms with Crippen molar-refractivity contribution in [3.05, 3.63) is 34.5 Å². The fourth-order valence-corrected chi connectivity index (χ4v) is 3.29. The molecule has 23 heavy (non-hydrogen) atoms. The number of hydrogen-bond donors (Lipinski definition) is 1. The molecule has 3 rings (SSSR count). The van der Waals surface area contributed by atoms with Crippen LogP contribution in [-0.2, 0) is 16.0 Å². The second-order valence-electron chi connectivity index (χ2n) is 5.98. The first kappa shape index (κ1) is 15.9. The summed E-state index contributed by atoms with van der Waals surface area (Å²) in [6.07, 6.45) is 0.353. The second-order valence-corrected chi connectivity index (χ2v) is 6.42. The monoisotopic (exact) mass is 333 g/mol. The number of aromatic nitrogens is 1. The Morgan fingerprint density at radius 1 is 1.17 bits per heavy atom. The Labute approximate surface area is 140 Å². The summed E-state index contributed by atoms with van der Waals surface area (Å²) in [4.78, 5) is 30.9.